The predicted molar refractivity (Wildman–Crippen MR) is 69.6 cm³/mol. The Balaban J connectivity index is 4.45. The van der Waals surface area contributed by atoms with Crippen molar-refractivity contribution < 1.29 is 23.8 Å². The normalized spacial score (nSPS) is 12.0. The van der Waals surface area contributed by atoms with Gasteiger partial charge >= 0.3 is 5.97 Å². The molecule has 0 aromatic rings. The largest absolute Gasteiger partial charge is 0.465 e. The number of ether oxygens (including phenoxy) is 3. The molecule has 0 radical (unpaired) electrons. The molecule has 0 fully saturated rings. The van der Waals surface area contributed by atoms with Crippen molar-refractivity contribution in [2.45, 2.75) is 19.4 Å². The highest BCUT2D eigenvalue weighted by atomic mass is 16.5. The van der Waals surface area contributed by atoms with Crippen molar-refractivity contribution in [3.63, 3.8) is 0 Å². The van der Waals surface area contributed by atoms with Crippen molar-refractivity contribution in [1.29, 1.82) is 0 Å². The van der Waals surface area contributed by atoms with Crippen molar-refractivity contribution in [3.05, 3.63) is 0 Å². The summed E-state index contributed by atoms with van der Waals surface area (Å²) < 4.78 is 14.6. The fraction of sp³-hybridized carbons (Fsp3) is 0.833. The molecule has 0 bridgehead atoms. The Hall–Kier alpha value is -1.18. The van der Waals surface area contributed by atoms with Gasteiger partial charge in [0.15, 0.2) is 0 Å². The molecule has 2 N–H and O–H groups in total. The molecule has 7 nitrogen and oxygen atoms in total. The summed E-state index contributed by atoms with van der Waals surface area (Å²) in [7, 11) is 3.07. The van der Waals surface area contributed by atoms with Gasteiger partial charge in [0, 0.05) is 27.4 Å². The van der Waals surface area contributed by atoms with E-state index in [0.717, 1.165) is 0 Å². The molecule has 0 aliphatic rings. The Labute approximate surface area is 114 Å². The second-order valence-corrected chi connectivity index (χ2v) is 3.95. The van der Waals surface area contributed by atoms with E-state index < -0.39 is 12.0 Å². The third-order valence-electron chi connectivity index (χ3n) is 2.45. The molecule has 112 valence electrons. The van der Waals surface area contributed by atoms with E-state index in [1.807, 2.05) is 0 Å². The van der Waals surface area contributed by atoms with Crippen LogP contribution in [0.1, 0.15) is 13.3 Å². The predicted octanol–water partition coefficient (Wildman–Crippen LogP) is -0.612. The van der Waals surface area contributed by atoms with E-state index in [0.29, 0.717) is 26.2 Å². The zero-order chi connectivity index (χ0) is 14.7. The van der Waals surface area contributed by atoms with Crippen LogP contribution in [0, 0.1) is 0 Å². The second-order valence-electron chi connectivity index (χ2n) is 3.95. The third-order valence-corrected chi connectivity index (χ3v) is 2.45. The summed E-state index contributed by atoms with van der Waals surface area (Å²) in [5, 5.41) is 0. The molecule has 0 aliphatic heterocycles. The summed E-state index contributed by atoms with van der Waals surface area (Å²) in [6.45, 7) is 2.91. The summed E-state index contributed by atoms with van der Waals surface area (Å²) in [6.07, 6.45) is 0.404. The Morgan fingerprint density at radius 1 is 1.21 bits per heavy atom. The highest BCUT2D eigenvalue weighted by Crippen LogP contribution is 1.99. The molecule has 1 unspecified atom stereocenters. The molecule has 0 spiro atoms. The molecule has 1 amide bonds. The lowest BCUT2D eigenvalue weighted by atomic mass is 10.2. The lowest BCUT2D eigenvalue weighted by molar-refractivity contribution is -0.149. The number of hydrogen-bond donors (Lipinski definition) is 1. The summed E-state index contributed by atoms with van der Waals surface area (Å²) in [4.78, 5) is 24.9. The van der Waals surface area contributed by atoms with Gasteiger partial charge in [-0.3, -0.25) is 9.59 Å². The first-order valence-corrected chi connectivity index (χ1v) is 6.24. The maximum absolute atomic E-state index is 12.1. The Morgan fingerprint density at radius 2 is 1.84 bits per heavy atom. The maximum atomic E-state index is 12.1. The van der Waals surface area contributed by atoms with Gasteiger partial charge in [0.2, 0.25) is 5.91 Å². The minimum Gasteiger partial charge on any atom is -0.465 e. The van der Waals surface area contributed by atoms with Crippen molar-refractivity contribution >= 4 is 11.9 Å². The van der Waals surface area contributed by atoms with Gasteiger partial charge < -0.3 is 24.8 Å². The van der Waals surface area contributed by atoms with Crippen molar-refractivity contribution in [2.75, 3.05) is 47.1 Å². The van der Waals surface area contributed by atoms with Crippen LogP contribution in [0.5, 0.6) is 0 Å². The molecule has 1 atom stereocenters. The van der Waals surface area contributed by atoms with Gasteiger partial charge in [0.25, 0.3) is 0 Å². The number of amides is 1. The van der Waals surface area contributed by atoms with Crippen LogP contribution < -0.4 is 5.73 Å². The van der Waals surface area contributed by atoms with E-state index >= 15 is 0 Å². The van der Waals surface area contributed by atoms with E-state index in [9.17, 15) is 9.59 Å². The van der Waals surface area contributed by atoms with Crippen LogP contribution in [0.4, 0.5) is 0 Å². The van der Waals surface area contributed by atoms with Crippen LogP contribution in [-0.4, -0.2) is 69.9 Å². The van der Waals surface area contributed by atoms with Crippen molar-refractivity contribution in [1.82, 2.24) is 4.90 Å². The molecular weight excluding hydrogens is 252 g/mol. The maximum Gasteiger partial charge on any atom is 0.325 e. The molecule has 0 saturated carbocycles. The van der Waals surface area contributed by atoms with Gasteiger partial charge in [-0.05, 0) is 13.3 Å². The van der Waals surface area contributed by atoms with Gasteiger partial charge in [-0.1, -0.05) is 0 Å². The first-order valence-electron chi connectivity index (χ1n) is 6.24. The monoisotopic (exact) mass is 276 g/mol. The highest BCUT2D eigenvalue weighted by Gasteiger charge is 2.23. The molecule has 0 saturated heterocycles. The van der Waals surface area contributed by atoms with Gasteiger partial charge in [0.1, 0.15) is 6.54 Å². The summed E-state index contributed by atoms with van der Waals surface area (Å²) >= 11 is 0. The molecule has 0 aromatic carbocycles. The number of nitrogens with zero attached hydrogens (tertiary/aromatic N) is 1. The molecule has 0 aromatic heterocycles. The number of rotatable bonds is 10. The minimum atomic E-state index is -0.689. The average Bonchev–Trinajstić information content (AvgIpc) is 2.40. The number of nitrogens with two attached hydrogens (primary N) is 1. The first kappa shape index (κ1) is 17.8. The zero-order valence-corrected chi connectivity index (χ0v) is 11.9. The summed E-state index contributed by atoms with van der Waals surface area (Å²) in [5.74, 6) is -0.756. The Kier molecular flexibility index (Phi) is 10.1. The smallest absolute Gasteiger partial charge is 0.325 e. The second kappa shape index (κ2) is 10.7. The molecule has 7 heteroatoms. The van der Waals surface area contributed by atoms with Gasteiger partial charge in [-0.15, -0.1) is 0 Å². The molecule has 0 heterocycles. The van der Waals surface area contributed by atoms with E-state index in [1.54, 1.807) is 14.0 Å². The standard InChI is InChI=1S/C12H24N2O5/c1-4-19-11(15)9-14(6-8-18-3)12(16)10(13)5-7-17-2/h10H,4-9,13H2,1-3H3. The van der Waals surface area contributed by atoms with E-state index in [4.69, 9.17) is 19.9 Å². The number of carbonyl (C=O) groups excluding carboxylic acids is 2. The van der Waals surface area contributed by atoms with Crippen LogP contribution in [0.25, 0.3) is 0 Å². The topological polar surface area (TPSA) is 91.1 Å². The average molecular weight is 276 g/mol. The zero-order valence-electron chi connectivity index (χ0n) is 11.9. The SMILES string of the molecule is CCOC(=O)CN(CCOC)C(=O)C(N)CCOC. The molecular formula is C12H24N2O5. The van der Waals surface area contributed by atoms with Crippen molar-refractivity contribution in [3.8, 4) is 0 Å². The van der Waals surface area contributed by atoms with Gasteiger partial charge in [-0.2, -0.15) is 0 Å². The number of esters is 1. The van der Waals surface area contributed by atoms with Crippen molar-refractivity contribution in [2.24, 2.45) is 5.73 Å². The number of hydrogen-bond acceptors (Lipinski definition) is 6. The van der Waals surface area contributed by atoms with Gasteiger partial charge in [-0.25, -0.2) is 0 Å². The summed E-state index contributed by atoms with van der Waals surface area (Å²) in [5.41, 5.74) is 5.76. The van der Waals surface area contributed by atoms with Crippen LogP contribution in [-0.2, 0) is 23.8 Å². The number of methoxy groups -OCH3 is 2. The fourth-order valence-corrected chi connectivity index (χ4v) is 1.43. The quantitative estimate of drug-likeness (QED) is 0.535. The number of carbonyl (C=O) groups is 2. The van der Waals surface area contributed by atoms with E-state index in [2.05, 4.69) is 0 Å². The lowest BCUT2D eigenvalue weighted by Gasteiger charge is -2.24. The van der Waals surface area contributed by atoms with Gasteiger partial charge in [0.05, 0.1) is 19.3 Å². The highest BCUT2D eigenvalue weighted by molar-refractivity contribution is 5.85. The molecule has 0 aliphatic carbocycles. The van der Waals surface area contributed by atoms with Crippen LogP contribution in [0.15, 0.2) is 0 Å². The van der Waals surface area contributed by atoms with Crippen LogP contribution >= 0.6 is 0 Å². The first-order chi connectivity index (χ1) is 9.06. The lowest BCUT2D eigenvalue weighted by Crippen LogP contribution is -2.47. The fourth-order valence-electron chi connectivity index (χ4n) is 1.43. The van der Waals surface area contributed by atoms with Crippen LogP contribution in [0.2, 0.25) is 0 Å². The minimum absolute atomic E-state index is 0.114. The Bertz CT molecular complexity index is 273. The van der Waals surface area contributed by atoms with Crippen LogP contribution in [0.3, 0.4) is 0 Å². The third kappa shape index (κ3) is 7.76. The summed E-state index contributed by atoms with van der Waals surface area (Å²) in [6, 6.07) is -0.689. The van der Waals surface area contributed by atoms with E-state index in [1.165, 1.54) is 12.0 Å². The molecule has 19 heavy (non-hydrogen) atoms. The molecule has 0 rings (SSSR count). The Morgan fingerprint density at radius 3 is 2.37 bits per heavy atom. The van der Waals surface area contributed by atoms with E-state index in [-0.39, 0.29) is 19.1 Å².